The molecule has 2 aromatic rings. The Kier molecular flexibility index (Phi) is 4.74. The molecule has 0 bridgehead atoms. The predicted molar refractivity (Wildman–Crippen MR) is 79.0 cm³/mol. The Balaban J connectivity index is 2.39. The molecule has 0 saturated heterocycles. The van der Waals surface area contributed by atoms with E-state index in [4.69, 9.17) is 10.5 Å². The van der Waals surface area contributed by atoms with Crippen molar-refractivity contribution in [2.45, 2.75) is 32.7 Å². The Bertz CT molecular complexity index is 604. The first-order valence-corrected chi connectivity index (χ1v) is 6.88. The quantitative estimate of drug-likeness (QED) is 0.838. The molecule has 0 amide bonds. The summed E-state index contributed by atoms with van der Waals surface area (Å²) < 4.78 is 7.34. The van der Waals surface area contributed by atoms with Crippen molar-refractivity contribution in [2.24, 2.45) is 5.73 Å². The maximum absolute atomic E-state index is 11.2. The highest BCUT2D eigenvalue weighted by Crippen LogP contribution is 2.22. The SMILES string of the molecule is COc1ccc2c(c1)nc(CCCN)n2CCC(C)=O. The van der Waals surface area contributed by atoms with E-state index in [9.17, 15) is 4.79 Å². The molecule has 0 spiro atoms. The lowest BCUT2D eigenvalue weighted by molar-refractivity contribution is -0.117. The van der Waals surface area contributed by atoms with E-state index in [2.05, 4.69) is 9.55 Å². The molecule has 5 heteroatoms. The van der Waals surface area contributed by atoms with Gasteiger partial charge in [-0.2, -0.15) is 0 Å². The van der Waals surface area contributed by atoms with Gasteiger partial charge in [0, 0.05) is 25.5 Å². The molecule has 0 aliphatic rings. The van der Waals surface area contributed by atoms with Crippen LogP contribution in [0.4, 0.5) is 0 Å². The van der Waals surface area contributed by atoms with Gasteiger partial charge in [-0.1, -0.05) is 0 Å². The number of methoxy groups -OCH3 is 1. The van der Waals surface area contributed by atoms with Crippen LogP contribution < -0.4 is 10.5 Å². The average Bonchev–Trinajstić information content (AvgIpc) is 2.79. The normalized spacial score (nSPS) is 10.9. The molecule has 20 heavy (non-hydrogen) atoms. The van der Waals surface area contributed by atoms with Crippen LogP contribution in [0, 0.1) is 0 Å². The smallest absolute Gasteiger partial charge is 0.131 e. The summed E-state index contributed by atoms with van der Waals surface area (Å²) >= 11 is 0. The topological polar surface area (TPSA) is 70.1 Å². The summed E-state index contributed by atoms with van der Waals surface area (Å²) in [6.07, 6.45) is 2.24. The van der Waals surface area contributed by atoms with E-state index in [-0.39, 0.29) is 5.78 Å². The second-order valence-corrected chi connectivity index (χ2v) is 4.88. The van der Waals surface area contributed by atoms with E-state index in [1.54, 1.807) is 14.0 Å². The standard InChI is InChI=1S/C15H21N3O2/c1-11(19)7-9-18-14-6-5-12(20-2)10-13(14)17-15(18)4-3-8-16/h5-6,10H,3-4,7-9,16H2,1-2H3. The molecule has 1 aromatic heterocycles. The van der Waals surface area contributed by atoms with Crippen molar-refractivity contribution in [2.75, 3.05) is 13.7 Å². The molecule has 5 nitrogen and oxygen atoms in total. The van der Waals surface area contributed by atoms with E-state index in [1.807, 2.05) is 18.2 Å². The van der Waals surface area contributed by atoms with Gasteiger partial charge in [-0.25, -0.2) is 4.98 Å². The van der Waals surface area contributed by atoms with Crippen molar-refractivity contribution >= 4 is 16.8 Å². The van der Waals surface area contributed by atoms with Crippen molar-refractivity contribution < 1.29 is 9.53 Å². The Morgan fingerprint density at radius 2 is 2.25 bits per heavy atom. The summed E-state index contributed by atoms with van der Waals surface area (Å²) in [4.78, 5) is 15.9. The van der Waals surface area contributed by atoms with Crippen LogP contribution in [0.3, 0.4) is 0 Å². The largest absolute Gasteiger partial charge is 0.497 e. The summed E-state index contributed by atoms with van der Waals surface area (Å²) in [6, 6.07) is 5.83. The fourth-order valence-electron chi connectivity index (χ4n) is 2.26. The molecule has 0 saturated carbocycles. The first-order valence-electron chi connectivity index (χ1n) is 6.88. The van der Waals surface area contributed by atoms with Crippen molar-refractivity contribution in [1.82, 2.24) is 9.55 Å². The number of nitrogens with two attached hydrogens (primary N) is 1. The molecule has 1 aromatic carbocycles. The number of ether oxygens (including phenoxy) is 1. The highest BCUT2D eigenvalue weighted by molar-refractivity contribution is 5.79. The van der Waals surface area contributed by atoms with Crippen LogP contribution in [0.5, 0.6) is 5.75 Å². The van der Waals surface area contributed by atoms with Gasteiger partial charge in [0.1, 0.15) is 17.4 Å². The zero-order valence-electron chi connectivity index (χ0n) is 12.1. The highest BCUT2D eigenvalue weighted by atomic mass is 16.5. The minimum absolute atomic E-state index is 0.185. The fourth-order valence-corrected chi connectivity index (χ4v) is 2.26. The Hall–Kier alpha value is -1.88. The van der Waals surface area contributed by atoms with Crippen LogP contribution >= 0.6 is 0 Å². The molecule has 0 radical (unpaired) electrons. The van der Waals surface area contributed by atoms with Crippen molar-refractivity contribution in [3.8, 4) is 5.75 Å². The first kappa shape index (κ1) is 14.5. The van der Waals surface area contributed by atoms with Gasteiger partial charge in [-0.15, -0.1) is 0 Å². The molecular weight excluding hydrogens is 254 g/mol. The number of nitrogens with zero attached hydrogens (tertiary/aromatic N) is 2. The number of Topliss-reactive ketones (excluding diaryl/α,β-unsaturated/α-hetero) is 1. The molecule has 0 unspecified atom stereocenters. The van der Waals surface area contributed by atoms with Crippen LogP contribution in [0.25, 0.3) is 11.0 Å². The Labute approximate surface area is 118 Å². The lowest BCUT2D eigenvalue weighted by Gasteiger charge is -2.08. The van der Waals surface area contributed by atoms with E-state index in [0.29, 0.717) is 19.5 Å². The summed E-state index contributed by atoms with van der Waals surface area (Å²) in [5.41, 5.74) is 7.52. The predicted octanol–water partition coefficient (Wildman–Crippen LogP) is 1.92. The van der Waals surface area contributed by atoms with Crippen molar-refractivity contribution in [1.29, 1.82) is 0 Å². The first-order chi connectivity index (χ1) is 9.65. The van der Waals surface area contributed by atoms with E-state index >= 15 is 0 Å². The van der Waals surface area contributed by atoms with Gasteiger partial charge in [0.25, 0.3) is 0 Å². The molecule has 0 aliphatic carbocycles. The molecular formula is C15H21N3O2. The highest BCUT2D eigenvalue weighted by Gasteiger charge is 2.11. The van der Waals surface area contributed by atoms with Crippen LogP contribution in [0.1, 0.15) is 25.6 Å². The number of hydrogen-bond donors (Lipinski definition) is 1. The summed E-state index contributed by atoms with van der Waals surface area (Å²) in [5, 5.41) is 0. The molecule has 0 aliphatic heterocycles. The lowest BCUT2D eigenvalue weighted by Crippen LogP contribution is -2.09. The van der Waals surface area contributed by atoms with E-state index < -0.39 is 0 Å². The number of fused-ring (bicyclic) bond motifs is 1. The van der Waals surface area contributed by atoms with Crippen LogP contribution in [-0.4, -0.2) is 29.0 Å². The number of ketones is 1. The van der Waals surface area contributed by atoms with Crippen molar-refractivity contribution in [3.05, 3.63) is 24.0 Å². The summed E-state index contributed by atoms with van der Waals surface area (Å²) in [5.74, 6) is 1.96. The zero-order chi connectivity index (χ0) is 14.5. The Morgan fingerprint density at radius 1 is 1.45 bits per heavy atom. The van der Waals surface area contributed by atoms with Crippen LogP contribution in [0.2, 0.25) is 0 Å². The van der Waals surface area contributed by atoms with Crippen molar-refractivity contribution in [3.63, 3.8) is 0 Å². The number of carbonyl (C=O) groups excluding carboxylic acids is 1. The van der Waals surface area contributed by atoms with Gasteiger partial charge in [0.05, 0.1) is 18.1 Å². The van der Waals surface area contributed by atoms with E-state index in [0.717, 1.165) is 35.4 Å². The fraction of sp³-hybridized carbons (Fsp3) is 0.467. The second kappa shape index (κ2) is 6.52. The third-order valence-corrected chi connectivity index (χ3v) is 3.33. The second-order valence-electron chi connectivity index (χ2n) is 4.88. The molecule has 2 N–H and O–H groups in total. The monoisotopic (exact) mass is 275 g/mol. The minimum atomic E-state index is 0.185. The number of aryl methyl sites for hydroxylation is 2. The minimum Gasteiger partial charge on any atom is -0.497 e. The third kappa shape index (κ3) is 3.17. The Morgan fingerprint density at radius 3 is 2.90 bits per heavy atom. The van der Waals surface area contributed by atoms with Gasteiger partial charge in [-0.3, -0.25) is 4.79 Å². The molecule has 0 atom stereocenters. The average molecular weight is 275 g/mol. The van der Waals surface area contributed by atoms with Crippen LogP contribution in [0.15, 0.2) is 18.2 Å². The van der Waals surface area contributed by atoms with Crippen LogP contribution in [-0.2, 0) is 17.8 Å². The maximum Gasteiger partial charge on any atom is 0.131 e. The van der Waals surface area contributed by atoms with Gasteiger partial charge in [0.15, 0.2) is 0 Å². The number of benzene rings is 1. The summed E-state index contributed by atoms with van der Waals surface area (Å²) in [7, 11) is 1.64. The number of aromatic nitrogens is 2. The third-order valence-electron chi connectivity index (χ3n) is 3.33. The number of rotatable bonds is 7. The summed E-state index contributed by atoms with van der Waals surface area (Å²) in [6.45, 7) is 2.92. The number of hydrogen-bond acceptors (Lipinski definition) is 4. The molecule has 2 rings (SSSR count). The number of carbonyl (C=O) groups is 1. The molecule has 0 fully saturated rings. The van der Waals surface area contributed by atoms with Gasteiger partial charge in [-0.05, 0) is 32.0 Å². The van der Waals surface area contributed by atoms with Gasteiger partial charge < -0.3 is 15.0 Å². The van der Waals surface area contributed by atoms with Gasteiger partial charge >= 0.3 is 0 Å². The van der Waals surface area contributed by atoms with E-state index in [1.165, 1.54) is 0 Å². The van der Waals surface area contributed by atoms with Gasteiger partial charge in [0.2, 0.25) is 0 Å². The zero-order valence-corrected chi connectivity index (χ0v) is 12.1. The number of imidazole rings is 1. The maximum atomic E-state index is 11.2. The molecule has 108 valence electrons. The molecule has 1 heterocycles. The lowest BCUT2D eigenvalue weighted by atomic mass is 10.2.